The van der Waals surface area contributed by atoms with Crippen LogP contribution in [0.4, 0.5) is 5.82 Å². The summed E-state index contributed by atoms with van der Waals surface area (Å²) in [7, 11) is 0. The average Bonchev–Trinajstić information content (AvgIpc) is 3.32. The highest BCUT2D eigenvalue weighted by Gasteiger charge is 2.36. The molecule has 1 saturated heterocycles. The number of carbonyl (C=O) groups is 2. The van der Waals surface area contributed by atoms with Crippen molar-refractivity contribution < 1.29 is 9.59 Å². The van der Waals surface area contributed by atoms with Crippen molar-refractivity contribution in [3.8, 4) is 0 Å². The molecule has 29 heavy (non-hydrogen) atoms. The lowest BCUT2D eigenvalue weighted by Crippen LogP contribution is -2.38. The molecule has 0 aromatic carbocycles. The summed E-state index contributed by atoms with van der Waals surface area (Å²) in [5.74, 6) is 1.13. The van der Waals surface area contributed by atoms with Crippen LogP contribution in [0.1, 0.15) is 74.5 Å². The van der Waals surface area contributed by atoms with Crippen LogP contribution < -0.4 is 5.32 Å². The first-order valence-electron chi connectivity index (χ1n) is 10.5. The van der Waals surface area contributed by atoms with Gasteiger partial charge in [0.25, 0.3) is 0 Å². The zero-order valence-corrected chi connectivity index (χ0v) is 17.2. The fraction of sp³-hybridized carbons (Fsp3) is 0.545. The Labute approximate surface area is 171 Å². The standard InChI is InChI=1S/C22H29N5O2/c1-22(2)14-18(17-8-3-5-11-23-17)25-21-16(15-24-27(21)22)19(28)9-4-6-12-26-13-7-10-20(26)29/h3,5,8,11,15,18,25H,4,6-7,9-10,12-14H2,1-2H3. The van der Waals surface area contributed by atoms with E-state index in [0.29, 0.717) is 18.4 Å². The minimum Gasteiger partial charge on any atom is -0.361 e. The molecule has 1 unspecified atom stereocenters. The number of hydrogen-bond donors (Lipinski definition) is 1. The van der Waals surface area contributed by atoms with Gasteiger partial charge in [-0.05, 0) is 51.7 Å². The average molecular weight is 396 g/mol. The number of aromatic nitrogens is 3. The van der Waals surface area contributed by atoms with Gasteiger partial charge >= 0.3 is 0 Å². The lowest BCUT2D eigenvalue weighted by molar-refractivity contribution is -0.127. The Kier molecular flexibility index (Phi) is 5.39. The summed E-state index contributed by atoms with van der Waals surface area (Å²) in [6.07, 6.45) is 8.06. The van der Waals surface area contributed by atoms with Gasteiger partial charge in [0.1, 0.15) is 5.82 Å². The van der Waals surface area contributed by atoms with Gasteiger partial charge in [-0.3, -0.25) is 14.6 Å². The quantitative estimate of drug-likeness (QED) is 0.573. The lowest BCUT2D eigenvalue weighted by Gasteiger charge is -2.37. The minimum atomic E-state index is -0.211. The van der Waals surface area contributed by atoms with E-state index in [2.05, 4.69) is 29.2 Å². The second-order valence-electron chi connectivity index (χ2n) is 8.65. The normalized spacial score (nSPS) is 20.4. The Bertz CT molecular complexity index is 890. The first-order chi connectivity index (χ1) is 14.0. The number of rotatable bonds is 7. The first-order valence-corrected chi connectivity index (χ1v) is 10.5. The number of ketones is 1. The Morgan fingerprint density at radius 2 is 2.17 bits per heavy atom. The monoisotopic (exact) mass is 395 g/mol. The summed E-state index contributed by atoms with van der Waals surface area (Å²) >= 11 is 0. The highest BCUT2D eigenvalue weighted by molar-refractivity contribution is 6.00. The summed E-state index contributed by atoms with van der Waals surface area (Å²) in [4.78, 5) is 31.0. The summed E-state index contributed by atoms with van der Waals surface area (Å²) in [5.41, 5.74) is 1.41. The summed E-state index contributed by atoms with van der Waals surface area (Å²) in [5, 5.41) is 8.02. The molecule has 1 fully saturated rings. The highest BCUT2D eigenvalue weighted by atomic mass is 16.2. The van der Waals surface area contributed by atoms with Crippen LogP contribution in [0.5, 0.6) is 0 Å². The van der Waals surface area contributed by atoms with Crippen molar-refractivity contribution in [2.45, 2.75) is 64.0 Å². The van der Waals surface area contributed by atoms with Crippen LogP contribution in [0.15, 0.2) is 30.6 Å². The maximum absolute atomic E-state index is 12.9. The number of fused-ring (bicyclic) bond motifs is 1. The van der Waals surface area contributed by atoms with E-state index in [-0.39, 0.29) is 23.3 Å². The van der Waals surface area contributed by atoms with Crippen LogP contribution in [0.2, 0.25) is 0 Å². The number of hydrogen-bond acceptors (Lipinski definition) is 5. The highest BCUT2D eigenvalue weighted by Crippen LogP contribution is 2.39. The minimum absolute atomic E-state index is 0.0446. The van der Waals surface area contributed by atoms with E-state index in [0.717, 1.165) is 50.3 Å². The first kappa shape index (κ1) is 19.6. The van der Waals surface area contributed by atoms with Crippen LogP contribution in [0, 0.1) is 0 Å². The van der Waals surface area contributed by atoms with E-state index in [1.54, 1.807) is 12.4 Å². The molecule has 154 valence electrons. The number of nitrogens with one attached hydrogen (secondary N) is 1. The molecule has 4 rings (SSSR count). The number of likely N-dealkylation sites (tertiary alicyclic amines) is 1. The maximum atomic E-state index is 12.9. The molecule has 0 saturated carbocycles. The summed E-state index contributed by atoms with van der Waals surface area (Å²) in [6.45, 7) is 5.89. The molecule has 4 heterocycles. The largest absolute Gasteiger partial charge is 0.361 e. The number of amides is 1. The smallest absolute Gasteiger partial charge is 0.222 e. The zero-order valence-electron chi connectivity index (χ0n) is 17.2. The van der Waals surface area contributed by atoms with Crippen molar-refractivity contribution in [3.05, 3.63) is 41.9 Å². The number of carbonyl (C=O) groups excluding carboxylic acids is 2. The van der Waals surface area contributed by atoms with Crippen LogP contribution in [-0.2, 0) is 10.3 Å². The molecule has 2 aliphatic heterocycles. The molecule has 2 aromatic rings. The van der Waals surface area contributed by atoms with Gasteiger partial charge in [-0.25, -0.2) is 4.68 Å². The molecule has 0 aliphatic carbocycles. The number of nitrogens with zero attached hydrogens (tertiary/aromatic N) is 4. The fourth-order valence-corrected chi connectivity index (χ4v) is 4.38. The van der Waals surface area contributed by atoms with E-state index in [9.17, 15) is 9.59 Å². The molecular weight excluding hydrogens is 366 g/mol. The second-order valence-corrected chi connectivity index (χ2v) is 8.65. The van der Waals surface area contributed by atoms with Crippen molar-refractivity contribution in [2.24, 2.45) is 0 Å². The molecule has 7 heteroatoms. The SMILES string of the molecule is CC1(C)CC(c2ccccn2)Nc2c(C(=O)CCCCN3CCCC3=O)cnn21. The number of unbranched alkanes of at least 4 members (excludes halogenated alkanes) is 1. The van der Waals surface area contributed by atoms with Crippen LogP contribution in [-0.4, -0.2) is 44.4 Å². The van der Waals surface area contributed by atoms with Gasteiger partial charge in [0.2, 0.25) is 5.91 Å². The topological polar surface area (TPSA) is 80.1 Å². The third-order valence-electron chi connectivity index (χ3n) is 5.96. The van der Waals surface area contributed by atoms with Gasteiger partial charge in [0.15, 0.2) is 5.78 Å². The lowest BCUT2D eigenvalue weighted by atomic mass is 9.90. The van der Waals surface area contributed by atoms with Crippen molar-refractivity contribution in [1.29, 1.82) is 0 Å². The Balaban J connectivity index is 1.42. The Hall–Kier alpha value is -2.70. The molecule has 7 nitrogen and oxygen atoms in total. The van der Waals surface area contributed by atoms with Crippen molar-refractivity contribution >= 4 is 17.5 Å². The Morgan fingerprint density at radius 3 is 2.90 bits per heavy atom. The van der Waals surface area contributed by atoms with Crippen molar-refractivity contribution in [1.82, 2.24) is 19.7 Å². The maximum Gasteiger partial charge on any atom is 0.222 e. The predicted molar refractivity (Wildman–Crippen MR) is 111 cm³/mol. The van der Waals surface area contributed by atoms with Crippen LogP contribution >= 0.6 is 0 Å². The van der Waals surface area contributed by atoms with Crippen molar-refractivity contribution in [2.75, 3.05) is 18.4 Å². The van der Waals surface area contributed by atoms with Gasteiger partial charge in [0.05, 0.1) is 29.0 Å². The fourth-order valence-electron chi connectivity index (χ4n) is 4.38. The van der Waals surface area contributed by atoms with Gasteiger partial charge in [-0.2, -0.15) is 5.10 Å². The van der Waals surface area contributed by atoms with E-state index in [1.807, 2.05) is 27.8 Å². The van der Waals surface area contributed by atoms with Crippen LogP contribution in [0.3, 0.4) is 0 Å². The summed E-state index contributed by atoms with van der Waals surface area (Å²) in [6, 6.07) is 5.95. The molecule has 0 radical (unpaired) electrons. The summed E-state index contributed by atoms with van der Waals surface area (Å²) < 4.78 is 1.93. The number of pyridine rings is 1. The molecule has 0 bridgehead atoms. The van der Waals surface area contributed by atoms with Crippen LogP contribution in [0.25, 0.3) is 0 Å². The van der Waals surface area contributed by atoms with E-state index >= 15 is 0 Å². The number of Topliss-reactive ketones (excluding diaryl/α,β-unsaturated/α-hetero) is 1. The zero-order chi connectivity index (χ0) is 20.4. The van der Waals surface area contributed by atoms with Gasteiger partial charge in [0, 0.05) is 32.1 Å². The van der Waals surface area contributed by atoms with Gasteiger partial charge in [-0.15, -0.1) is 0 Å². The predicted octanol–water partition coefficient (Wildman–Crippen LogP) is 3.55. The molecule has 1 amide bonds. The molecular formula is C22H29N5O2. The second kappa shape index (κ2) is 7.97. The third-order valence-corrected chi connectivity index (χ3v) is 5.96. The molecule has 1 atom stereocenters. The molecule has 1 N–H and O–H groups in total. The van der Waals surface area contributed by atoms with E-state index < -0.39 is 0 Å². The number of anilines is 1. The third kappa shape index (κ3) is 4.04. The van der Waals surface area contributed by atoms with Gasteiger partial charge in [-0.1, -0.05) is 6.07 Å². The van der Waals surface area contributed by atoms with E-state index in [4.69, 9.17) is 0 Å². The molecule has 0 spiro atoms. The van der Waals surface area contributed by atoms with E-state index in [1.165, 1.54) is 0 Å². The molecule has 2 aliphatic rings. The van der Waals surface area contributed by atoms with Gasteiger partial charge < -0.3 is 10.2 Å². The Morgan fingerprint density at radius 1 is 1.31 bits per heavy atom. The molecule has 2 aromatic heterocycles. The van der Waals surface area contributed by atoms with Crippen molar-refractivity contribution in [3.63, 3.8) is 0 Å².